The van der Waals surface area contributed by atoms with Crippen molar-refractivity contribution >= 4 is 5.97 Å². The van der Waals surface area contributed by atoms with Crippen molar-refractivity contribution in [3.8, 4) is 0 Å². The second kappa shape index (κ2) is 3.69. The van der Waals surface area contributed by atoms with Crippen LogP contribution < -0.4 is 5.56 Å². The second-order valence-corrected chi connectivity index (χ2v) is 3.31. The Morgan fingerprint density at radius 1 is 1.64 bits per heavy atom. The average molecular weight is 198 g/mol. The minimum absolute atomic E-state index is 0.167. The van der Waals surface area contributed by atoms with Gasteiger partial charge in [-0.3, -0.25) is 19.4 Å². The number of carboxylic acids is 1. The van der Waals surface area contributed by atoms with Crippen molar-refractivity contribution in [1.82, 2.24) is 9.78 Å². The first-order chi connectivity index (χ1) is 6.49. The molecule has 1 rings (SSSR count). The highest BCUT2D eigenvalue weighted by molar-refractivity contribution is 5.75. The molecule has 0 radical (unpaired) electrons. The van der Waals surface area contributed by atoms with Crippen LogP contribution in [-0.4, -0.2) is 20.9 Å². The predicted octanol–water partition coefficient (Wildman–Crippen LogP) is 0.600. The third-order valence-corrected chi connectivity index (χ3v) is 2.37. The summed E-state index contributed by atoms with van der Waals surface area (Å²) in [5.41, 5.74) is 0.828. The van der Waals surface area contributed by atoms with Gasteiger partial charge in [-0.1, -0.05) is 6.92 Å². The van der Waals surface area contributed by atoms with Crippen LogP contribution in [0.25, 0.3) is 0 Å². The van der Waals surface area contributed by atoms with Gasteiger partial charge < -0.3 is 5.11 Å². The van der Waals surface area contributed by atoms with Crippen molar-refractivity contribution in [2.45, 2.75) is 26.2 Å². The van der Waals surface area contributed by atoms with Crippen LogP contribution in [0.5, 0.6) is 0 Å². The Morgan fingerprint density at radius 3 is 2.50 bits per heavy atom. The quantitative estimate of drug-likeness (QED) is 0.746. The first-order valence-electron chi connectivity index (χ1n) is 4.47. The molecule has 1 unspecified atom stereocenters. The zero-order valence-electron chi connectivity index (χ0n) is 8.50. The molecule has 0 aromatic carbocycles. The van der Waals surface area contributed by atoms with Gasteiger partial charge >= 0.3 is 5.97 Å². The summed E-state index contributed by atoms with van der Waals surface area (Å²) in [4.78, 5) is 22.2. The van der Waals surface area contributed by atoms with Crippen LogP contribution in [0.3, 0.4) is 0 Å². The number of rotatable bonds is 3. The standard InChI is InChI=1S/C9H14N2O3/c1-4-6(9(13)14)7-5(2)8(12)11(3)10-7/h6,10H,4H2,1-3H3,(H,13,14). The molecular formula is C9H14N2O3. The third-order valence-electron chi connectivity index (χ3n) is 2.37. The number of aryl methyl sites for hydroxylation is 1. The molecule has 2 N–H and O–H groups in total. The highest BCUT2D eigenvalue weighted by Gasteiger charge is 2.23. The van der Waals surface area contributed by atoms with E-state index in [9.17, 15) is 9.59 Å². The third kappa shape index (κ3) is 1.57. The smallest absolute Gasteiger partial charge is 0.312 e. The van der Waals surface area contributed by atoms with Crippen LogP contribution in [-0.2, 0) is 11.8 Å². The van der Waals surface area contributed by atoms with E-state index in [1.807, 2.05) is 0 Å². The van der Waals surface area contributed by atoms with Gasteiger partial charge in [0.25, 0.3) is 5.56 Å². The fourth-order valence-corrected chi connectivity index (χ4v) is 1.52. The van der Waals surface area contributed by atoms with E-state index in [1.165, 1.54) is 4.68 Å². The van der Waals surface area contributed by atoms with Gasteiger partial charge in [0, 0.05) is 12.6 Å². The van der Waals surface area contributed by atoms with Crippen molar-refractivity contribution in [3.05, 3.63) is 21.6 Å². The van der Waals surface area contributed by atoms with Gasteiger partial charge in [-0.2, -0.15) is 0 Å². The van der Waals surface area contributed by atoms with Crippen LogP contribution in [0, 0.1) is 6.92 Å². The zero-order chi connectivity index (χ0) is 10.9. The molecule has 0 fully saturated rings. The lowest BCUT2D eigenvalue weighted by molar-refractivity contribution is -0.139. The first-order valence-corrected chi connectivity index (χ1v) is 4.47. The molecule has 0 amide bonds. The maximum atomic E-state index is 11.4. The minimum Gasteiger partial charge on any atom is -0.481 e. The van der Waals surface area contributed by atoms with Gasteiger partial charge in [0.05, 0.1) is 11.6 Å². The number of aromatic nitrogens is 2. The summed E-state index contributed by atoms with van der Waals surface area (Å²) in [5.74, 6) is -1.53. The molecule has 1 atom stereocenters. The van der Waals surface area contributed by atoms with E-state index >= 15 is 0 Å². The van der Waals surface area contributed by atoms with Crippen molar-refractivity contribution in [2.24, 2.45) is 7.05 Å². The van der Waals surface area contributed by atoms with E-state index in [1.54, 1.807) is 20.9 Å². The fraction of sp³-hybridized carbons (Fsp3) is 0.556. The summed E-state index contributed by atoms with van der Waals surface area (Å²) in [7, 11) is 1.58. The molecule has 14 heavy (non-hydrogen) atoms. The molecule has 78 valence electrons. The molecule has 0 saturated heterocycles. The van der Waals surface area contributed by atoms with Crippen molar-refractivity contribution in [1.29, 1.82) is 0 Å². The van der Waals surface area contributed by atoms with Gasteiger partial charge in [-0.15, -0.1) is 0 Å². The Labute approximate surface area is 81.3 Å². The lowest BCUT2D eigenvalue weighted by Crippen LogP contribution is -2.13. The Morgan fingerprint density at radius 2 is 2.21 bits per heavy atom. The monoisotopic (exact) mass is 198 g/mol. The number of nitrogens with one attached hydrogen (secondary N) is 1. The lowest BCUT2D eigenvalue weighted by atomic mass is 10.00. The molecule has 0 aliphatic carbocycles. The Kier molecular flexibility index (Phi) is 2.78. The maximum Gasteiger partial charge on any atom is 0.312 e. The van der Waals surface area contributed by atoms with Crippen LogP contribution in [0.2, 0.25) is 0 Å². The summed E-state index contributed by atoms with van der Waals surface area (Å²) in [6.45, 7) is 3.42. The summed E-state index contributed by atoms with van der Waals surface area (Å²) >= 11 is 0. The number of nitrogens with zero attached hydrogens (tertiary/aromatic N) is 1. The van der Waals surface area contributed by atoms with Gasteiger partial charge in [-0.05, 0) is 13.3 Å². The first kappa shape index (κ1) is 10.6. The van der Waals surface area contributed by atoms with Crippen LogP contribution >= 0.6 is 0 Å². The number of hydrogen-bond donors (Lipinski definition) is 2. The second-order valence-electron chi connectivity index (χ2n) is 3.31. The molecule has 0 aliphatic heterocycles. The average Bonchev–Trinajstić information content (AvgIpc) is 2.35. The summed E-state index contributed by atoms with van der Waals surface area (Å²) < 4.78 is 1.30. The number of carboxylic acid groups (broad SMARTS) is 1. The summed E-state index contributed by atoms with van der Waals surface area (Å²) in [5, 5.41) is 11.7. The highest BCUT2D eigenvalue weighted by Crippen LogP contribution is 2.18. The topological polar surface area (TPSA) is 75.1 Å². The molecule has 1 heterocycles. The van der Waals surface area contributed by atoms with Crippen LogP contribution in [0.15, 0.2) is 4.79 Å². The van der Waals surface area contributed by atoms with E-state index in [0.29, 0.717) is 17.7 Å². The molecule has 0 saturated carbocycles. The van der Waals surface area contributed by atoms with Gasteiger partial charge in [-0.25, -0.2) is 0 Å². The number of aromatic amines is 1. The molecule has 1 aromatic rings. The molecular weight excluding hydrogens is 184 g/mol. The Balaban J connectivity index is 3.24. The molecule has 0 bridgehead atoms. The Bertz CT molecular complexity index is 403. The van der Waals surface area contributed by atoms with Crippen molar-refractivity contribution in [2.75, 3.05) is 0 Å². The lowest BCUT2D eigenvalue weighted by Gasteiger charge is -2.07. The van der Waals surface area contributed by atoms with E-state index in [-0.39, 0.29) is 5.56 Å². The van der Waals surface area contributed by atoms with Crippen molar-refractivity contribution < 1.29 is 9.90 Å². The number of carbonyl (C=O) groups is 1. The summed E-state index contributed by atoms with van der Waals surface area (Å²) in [6.07, 6.45) is 0.468. The largest absolute Gasteiger partial charge is 0.481 e. The van der Waals surface area contributed by atoms with Gasteiger partial charge in [0.15, 0.2) is 0 Å². The molecule has 1 aromatic heterocycles. The summed E-state index contributed by atoms with van der Waals surface area (Å²) in [6, 6.07) is 0. The zero-order valence-corrected chi connectivity index (χ0v) is 8.50. The number of H-pyrrole nitrogens is 1. The molecule has 5 nitrogen and oxygen atoms in total. The number of aliphatic carboxylic acids is 1. The molecule has 5 heteroatoms. The van der Waals surface area contributed by atoms with E-state index < -0.39 is 11.9 Å². The van der Waals surface area contributed by atoms with E-state index in [4.69, 9.17) is 5.11 Å². The SMILES string of the molecule is CCC(C(=O)O)c1[nH]n(C)c(=O)c1C. The number of hydrogen-bond acceptors (Lipinski definition) is 2. The normalized spacial score (nSPS) is 12.8. The fourth-order valence-electron chi connectivity index (χ4n) is 1.52. The van der Waals surface area contributed by atoms with Crippen LogP contribution in [0.1, 0.15) is 30.5 Å². The van der Waals surface area contributed by atoms with E-state index in [0.717, 1.165) is 0 Å². The predicted molar refractivity (Wildman–Crippen MR) is 51.4 cm³/mol. The van der Waals surface area contributed by atoms with Gasteiger partial charge in [0.2, 0.25) is 0 Å². The van der Waals surface area contributed by atoms with E-state index in [2.05, 4.69) is 5.10 Å². The molecule has 0 spiro atoms. The minimum atomic E-state index is -0.905. The maximum absolute atomic E-state index is 11.4. The van der Waals surface area contributed by atoms with Gasteiger partial charge in [0.1, 0.15) is 0 Å². The van der Waals surface area contributed by atoms with Crippen LogP contribution in [0.4, 0.5) is 0 Å². The molecule has 0 aliphatic rings. The Hall–Kier alpha value is -1.52. The van der Waals surface area contributed by atoms with Crippen molar-refractivity contribution in [3.63, 3.8) is 0 Å². The highest BCUT2D eigenvalue weighted by atomic mass is 16.4.